The average molecular weight is 286 g/mol. The van der Waals surface area contributed by atoms with Gasteiger partial charge in [-0.25, -0.2) is 0 Å². The number of hydrogen-bond donors (Lipinski definition) is 1. The number of hydrogen-bond acceptors (Lipinski definition) is 5. The predicted molar refractivity (Wildman–Crippen MR) is 71.6 cm³/mol. The van der Waals surface area contributed by atoms with Gasteiger partial charge in [-0.05, 0) is 24.6 Å². The molecule has 0 heterocycles. The zero-order valence-corrected chi connectivity index (χ0v) is 11.6. The number of nitrogens with two attached hydrogens (primary N) is 1. The van der Waals surface area contributed by atoms with E-state index < -0.39 is 12.0 Å². The van der Waals surface area contributed by atoms with E-state index in [1.165, 1.54) is 20.3 Å². The third kappa shape index (κ3) is 4.22. The Bertz CT molecular complexity index is 476. The lowest BCUT2D eigenvalue weighted by atomic mass is 10.00. The van der Waals surface area contributed by atoms with Crippen molar-refractivity contribution in [3.8, 4) is 5.75 Å². The van der Waals surface area contributed by atoms with Gasteiger partial charge in [-0.3, -0.25) is 9.59 Å². The molecule has 0 saturated heterocycles. The van der Waals surface area contributed by atoms with Crippen LogP contribution in [0.15, 0.2) is 18.2 Å². The van der Waals surface area contributed by atoms with Crippen molar-refractivity contribution in [2.45, 2.75) is 18.9 Å². The number of benzene rings is 1. The van der Waals surface area contributed by atoms with Crippen molar-refractivity contribution < 1.29 is 19.1 Å². The minimum absolute atomic E-state index is 0.0896. The predicted octanol–water partition coefficient (Wildman–Crippen LogP) is 1.81. The first-order valence-corrected chi connectivity index (χ1v) is 6.07. The van der Waals surface area contributed by atoms with E-state index in [0.29, 0.717) is 16.3 Å². The highest BCUT2D eigenvalue weighted by Crippen LogP contribution is 2.24. The third-order valence-electron chi connectivity index (χ3n) is 2.65. The molecule has 0 spiro atoms. The normalized spacial score (nSPS) is 11.8. The van der Waals surface area contributed by atoms with Crippen LogP contribution < -0.4 is 10.5 Å². The summed E-state index contributed by atoms with van der Waals surface area (Å²) in [7, 11) is 2.75. The van der Waals surface area contributed by atoms with Crippen LogP contribution in [0, 0.1) is 0 Å². The fourth-order valence-corrected chi connectivity index (χ4v) is 1.75. The zero-order valence-electron chi connectivity index (χ0n) is 10.8. The molecular weight excluding hydrogens is 270 g/mol. The highest BCUT2D eigenvalue weighted by atomic mass is 35.5. The molecule has 19 heavy (non-hydrogen) atoms. The smallest absolute Gasteiger partial charge is 0.305 e. The van der Waals surface area contributed by atoms with Crippen molar-refractivity contribution in [1.29, 1.82) is 0 Å². The van der Waals surface area contributed by atoms with Gasteiger partial charge in [-0.1, -0.05) is 11.6 Å². The number of methoxy groups -OCH3 is 2. The largest absolute Gasteiger partial charge is 0.496 e. The van der Waals surface area contributed by atoms with Gasteiger partial charge in [0.05, 0.1) is 25.8 Å². The van der Waals surface area contributed by atoms with E-state index in [9.17, 15) is 9.59 Å². The quantitative estimate of drug-likeness (QED) is 0.637. The number of ketones is 1. The molecule has 6 heteroatoms. The molecule has 0 amide bonds. The van der Waals surface area contributed by atoms with Crippen LogP contribution in [0.1, 0.15) is 23.2 Å². The molecule has 1 atom stereocenters. The third-order valence-corrected chi connectivity index (χ3v) is 2.89. The summed E-state index contributed by atoms with van der Waals surface area (Å²) in [5.41, 5.74) is 6.08. The minimum Gasteiger partial charge on any atom is -0.496 e. The summed E-state index contributed by atoms with van der Waals surface area (Å²) in [6.45, 7) is 0. The first-order chi connectivity index (χ1) is 8.99. The maximum absolute atomic E-state index is 12.2. The van der Waals surface area contributed by atoms with E-state index in [-0.39, 0.29) is 18.6 Å². The average Bonchev–Trinajstić information content (AvgIpc) is 2.43. The highest BCUT2D eigenvalue weighted by Gasteiger charge is 2.21. The lowest BCUT2D eigenvalue weighted by molar-refractivity contribution is -0.140. The van der Waals surface area contributed by atoms with Crippen molar-refractivity contribution in [3.05, 3.63) is 28.8 Å². The van der Waals surface area contributed by atoms with Gasteiger partial charge in [-0.15, -0.1) is 0 Å². The number of carbonyl (C=O) groups excluding carboxylic acids is 2. The Kier molecular flexibility index (Phi) is 5.79. The fourth-order valence-electron chi connectivity index (χ4n) is 1.58. The molecule has 0 aliphatic heterocycles. The second-order valence-electron chi connectivity index (χ2n) is 3.93. The molecule has 0 fully saturated rings. The van der Waals surface area contributed by atoms with E-state index >= 15 is 0 Å². The molecule has 0 bridgehead atoms. The number of rotatable bonds is 6. The first-order valence-electron chi connectivity index (χ1n) is 5.69. The molecular formula is C13H16ClNO4. The molecule has 0 aliphatic carbocycles. The first kappa shape index (κ1) is 15.5. The van der Waals surface area contributed by atoms with Crippen LogP contribution in [0.2, 0.25) is 5.02 Å². The molecule has 1 aromatic rings. The lowest BCUT2D eigenvalue weighted by Gasteiger charge is -2.13. The standard InChI is InChI=1S/C13H16ClNO4/c1-18-11-5-3-8(14)7-9(11)13(17)10(15)4-6-12(16)19-2/h3,5,7,10H,4,6,15H2,1-2H3. The van der Waals surface area contributed by atoms with Gasteiger partial charge in [-0.2, -0.15) is 0 Å². The van der Waals surface area contributed by atoms with E-state index in [1.54, 1.807) is 12.1 Å². The molecule has 2 N–H and O–H groups in total. The van der Waals surface area contributed by atoms with Crippen molar-refractivity contribution >= 4 is 23.4 Å². The Balaban J connectivity index is 2.81. The van der Waals surface area contributed by atoms with E-state index in [2.05, 4.69) is 4.74 Å². The molecule has 104 valence electrons. The van der Waals surface area contributed by atoms with E-state index in [1.807, 2.05) is 0 Å². The van der Waals surface area contributed by atoms with Gasteiger partial charge in [0, 0.05) is 11.4 Å². The van der Waals surface area contributed by atoms with Gasteiger partial charge in [0.2, 0.25) is 0 Å². The maximum atomic E-state index is 12.2. The Labute approximate surface area is 116 Å². The van der Waals surface area contributed by atoms with Crippen LogP contribution in [0.4, 0.5) is 0 Å². The molecule has 5 nitrogen and oxygen atoms in total. The fraction of sp³-hybridized carbons (Fsp3) is 0.385. The number of Topliss-reactive ketones (excluding diaryl/α,β-unsaturated/α-hetero) is 1. The van der Waals surface area contributed by atoms with Gasteiger partial charge < -0.3 is 15.2 Å². The van der Waals surface area contributed by atoms with Crippen molar-refractivity contribution in [3.63, 3.8) is 0 Å². The molecule has 1 unspecified atom stereocenters. The Hall–Kier alpha value is -1.59. The maximum Gasteiger partial charge on any atom is 0.305 e. The summed E-state index contributed by atoms with van der Waals surface area (Å²) in [6.07, 6.45) is 0.299. The second kappa shape index (κ2) is 7.11. The Morgan fingerprint density at radius 3 is 2.63 bits per heavy atom. The van der Waals surface area contributed by atoms with Gasteiger partial charge in [0.25, 0.3) is 0 Å². The summed E-state index contributed by atoms with van der Waals surface area (Å²) in [4.78, 5) is 23.2. The molecule has 0 radical (unpaired) electrons. The highest BCUT2D eigenvalue weighted by molar-refractivity contribution is 6.31. The van der Waals surface area contributed by atoms with Gasteiger partial charge >= 0.3 is 5.97 Å². The summed E-state index contributed by atoms with van der Waals surface area (Å²) < 4.78 is 9.59. The van der Waals surface area contributed by atoms with Crippen LogP contribution >= 0.6 is 11.6 Å². The molecule has 0 saturated carbocycles. The van der Waals surface area contributed by atoms with Crippen LogP contribution in [0.5, 0.6) is 5.75 Å². The van der Waals surface area contributed by atoms with Crippen molar-refractivity contribution in [2.75, 3.05) is 14.2 Å². The molecule has 1 aromatic carbocycles. The lowest BCUT2D eigenvalue weighted by Crippen LogP contribution is -2.31. The summed E-state index contributed by atoms with van der Waals surface area (Å²) in [5.74, 6) is -0.313. The molecule has 0 aliphatic rings. The van der Waals surface area contributed by atoms with Crippen LogP contribution in [-0.4, -0.2) is 32.0 Å². The summed E-state index contributed by atoms with van der Waals surface area (Å²) in [6, 6.07) is 3.92. The summed E-state index contributed by atoms with van der Waals surface area (Å²) >= 11 is 5.85. The van der Waals surface area contributed by atoms with E-state index in [4.69, 9.17) is 22.1 Å². The number of ether oxygens (including phenoxy) is 2. The van der Waals surface area contributed by atoms with Gasteiger partial charge in [0.15, 0.2) is 5.78 Å². The van der Waals surface area contributed by atoms with Crippen molar-refractivity contribution in [2.24, 2.45) is 5.73 Å². The topological polar surface area (TPSA) is 78.6 Å². The van der Waals surface area contributed by atoms with Crippen LogP contribution in [-0.2, 0) is 9.53 Å². The minimum atomic E-state index is -0.800. The Morgan fingerprint density at radius 2 is 2.05 bits per heavy atom. The second-order valence-corrected chi connectivity index (χ2v) is 4.37. The Morgan fingerprint density at radius 1 is 1.37 bits per heavy atom. The molecule has 0 aromatic heterocycles. The van der Waals surface area contributed by atoms with Crippen LogP contribution in [0.3, 0.4) is 0 Å². The SMILES string of the molecule is COC(=O)CCC(N)C(=O)c1cc(Cl)ccc1OC. The summed E-state index contributed by atoms with van der Waals surface area (Å²) in [5, 5.41) is 0.421. The van der Waals surface area contributed by atoms with Crippen molar-refractivity contribution in [1.82, 2.24) is 0 Å². The number of esters is 1. The zero-order chi connectivity index (χ0) is 14.4. The molecule has 1 rings (SSSR count). The van der Waals surface area contributed by atoms with E-state index in [0.717, 1.165) is 0 Å². The monoisotopic (exact) mass is 285 g/mol. The number of carbonyl (C=O) groups is 2. The van der Waals surface area contributed by atoms with Gasteiger partial charge in [0.1, 0.15) is 5.75 Å². The van der Waals surface area contributed by atoms with Crippen LogP contribution in [0.25, 0.3) is 0 Å². The number of halogens is 1.